The number of benzene rings is 2. The molecule has 3 aliphatic rings. The minimum Gasteiger partial charge on any atom is -0.353 e. The molecule has 1 N–H and O–H groups in total. The summed E-state index contributed by atoms with van der Waals surface area (Å²) in [5.74, 6) is 1.20. The molecule has 6 rings (SSSR count). The normalized spacial score (nSPS) is 19.3. The van der Waals surface area contributed by atoms with Crippen molar-refractivity contribution in [1.82, 2.24) is 25.0 Å². The minimum absolute atomic E-state index is 0.0299. The van der Waals surface area contributed by atoms with Gasteiger partial charge in [0.2, 0.25) is 0 Å². The summed E-state index contributed by atoms with van der Waals surface area (Å²) in [5, 5.41) is 15.8. The van der Waals surface area contributed by atoms with Crippen molar-refractivity contribution in [3.8, 4) is 11.3 Å². The molecular weight excluding hydrogens is 552 g/mol. The fourth-order valence-corrected chi connectivity index (χ4v) is 7.29. The molecule has 3 fully saturated rings. The van der Waals surface area contributed by atoms with Gasteiger partial charge in [-0.1, -0.05) is 67.8 Å². The van der Waals surface area contributed by atoms with E-state index in [2.05, 4.69) is 39.1 Å². The topological polar surface area (TPSA) is 94.8 Å². The summed E-state index contributed by atoms with van der Waals surface area (Å²) in [7, 11) is 0. The Hall–Kier alpha value is -3.98. The van der Waals surface area contributed by atoms with E-state index in [0.29, 0.717) is 31.1 Å². The maximum atomic E-state index is 14.3. The van der Waals surface area contributed by atoms with Gasteiger partial charge in [0.25, 0.3) is 12.1 Å². The van der Waals surface area contributed by atoms with Crippen LogP contribution in [0, 0.1) is 16.0 Å². The number of aromatic nitrogens is 1. The van der Waals surface area contributed by atoms with Crippen LogP contribution >= 0.6 is 0 Å². The number of piperazine rings is 1. The van der Waals surface area contributed by atoms with E-state index in [9.17, 15) is 14.9 Å². The van der Waals surface area contributed by atoms with Crippen LogP contribution in [0.15, 0.2) is 66.6 Å². The Bertz CT molecular complexity index is 1490. The van der Waals surface area contributed by atoms with Crippen LogP contribution in [0.2, 0.25) is 0 Å². The summed E-state index contributed by atoms with van der Waals surface area (Å²) < 4.78 is 0. The van der Waals surface area contributed by atoms with E-state index in [1.807, 2.05) is 42.5 Å². The number of amides is 1. The van der Waals surface area contributed by atoms with Gasteiger partial charge in [-0.25, -0.2) is 4.98 Å². The fourth-order valence-electron chi connectivity index (χ4n) is 7.29. The molecule has 1 aromatic heterocycles. The van der Waals surface area contributed by atoms with Crippen molar-refractivity contribution in [2.75, 3.05) is 39.3 Å². The lowest BCUT2D eigenvalue weighted by atomic mass is 9.84. The van der Waals surface area contributed by atoms with Crippen molar-refractivity contribution in [1.29, 1.82) is 0 Å². The molecule has 0 radical (unpaired) electrons. The number of nitrogens with zero attached hydrogens (tertiary/aromatic N) is 5. The maximum absolute atomic E-state index is 14.3. The summed E-state index contributed by atoms with van der Waals surface area (Å²) >= 11 is 0. The van der Waals surface area contributed by atoms with Gasteiger partial charge < -0.3 is 15.1 Å². The summed E-state index contributed by atoms with van der Waals surface area (Å²) in [4.78, 5) is 37.3. The monoisotopic (exact) mass is 596 g/mol. The predicted molar refractivity (Wildman–Crippen MR) is 173 cm³/mol. The molecule has 2 aliphatic heterocycles. The van der Waals surface area contributed by atoms with E-state index < -0.39 is 0 Å². The first-order valence-electron chi connectivity index (χ1n) is 16.3. The molecule has 3 heterocycles. The average Bonchev–Trinajstić information content (AvgIpc) is 3.59. The van der Waals surface area contributed by atoms with Gasteiger partial charge in [-0.05, 0) is 44.6 Å². The molecule has 1 saturated carbocycles. The quantitative estimate of drug-likeness (QED) is 0.243. The second-order valence-corrected chi connectivity index (χ2v) is 12.6. The Morgan fingerprint density at radius 1 is 0.932 bits per heavy atom. The maximum Gasteiger partial charge on any atom is 0.274 e. The molecule has 232 valence electrons. The van der Waals surface area contributed by atoms with Crippen LogP contribution in [0.5, 0.6) is 0 Å². The molecule has 9 heteroatoms. The number of hydrogen-bond donors (Lipinski definition) is 1. The number of carbonyl (C=O) groups is 1. The van der Waals surface area contributed by atoms with Crippen LogP contribution < -0.4 is 5.32 Å². The summed E-state index contributed by atoms with van der Waals surface area (Å²) in [6, 6.07) is 18.2. The molecule has 1 aliphatic carbocycles. The second kappa shape index (κ2) is 13.8. The highest BCUT2D eigenvalue weighted by Gasteiger charge is 2.30. The Morgan fingerprint density at radius 2 is 1.59 bits per heavy atom. The first-order chi connectivity index (χ1) is 21.5. The van der Waals surface area contributed by atoms with Crippen molar-refractivity contribution >= 4 is 16.8 Å². The van der Waals surface area contributed by atoms with Crippen molar-refractivity contribution in [2.24, 2.45) is 5.92 Å². The van der Waals surface area contributed by atoms with Gasteiger partial charge >= 0.3 is 0 Å². The van der Waals surface area contributed by atoms with Gasteiger partial charge in [-0.3, -0.25) is 19.8 Å². The van der Waals surface area contributed by atoms with Gasteiger partial charge in [0.05, 0.1) is 21.7 Å². The fraction of sp³-hybridized carbons (Fsp3) is 0.486. The molecule has 0 bridgehead atoms. The highest BCUT2D eigenvalue weighted by atomic mass is 16.6. The van der Waals surface area contributed by atoms with Crippen molar-refractivity contribution in [2.45, 2.75) is 64.5 Å². The molecule has 44 heavy (non-hydrogen) atoms. The molecular formula is C35H44N6O3. The SMILES string of the molecule is CC(NC(=O)c1c(CN2CCN(/C(=C/[N+](=O)[O-])N3CCCC3)CC2)c(-c2ccccc2)nc2ccccc12)C1CCCCC1. The third-order valence-corrected chi connectivity index (χ3v) is 9.71. The third-order valence-electron chi connectivity index (χ3n) is 9.71. The first-order valence-corrected chi connectivity index (χ1v) is 16.3. The van der Waals surface area contributed by atoms with Crippen LogP contribution in [-0.2, 0) is 6.54 Å². The molecule has 1 amide bonds. The van der Waals surface area contributed by atoms with Crippen molar-refractivity contribution in [3.63, 3.8) is 0 Å². The number of pyridine rings is 1. The summed E-state index contributed by atoms with van der Waals surface area (Å²) in [6.07, 6.45) is 9.38. The van der Waals surface area contributed by atoms with Crippen LogP contribution in [0.3, 0.4) is 0 Å². The van der Waals surface area contributed by atoms with E-state index in [0.717, 1.165) is 85.4 Å². The zero-order valence-corrected chi connectivity index (χ0v) is 25.8. The van der Waals surface area contributed by atoms with Crippen LogP contribution in [0.4, 0.5) is 0 Å². The van der Waals surface area contributed by atoms with E-state index >= 15 is 0 Å². The van der Waals surface area contributed by atoms with Crippen molar-refractivity contribution in [3.05, 3.63) is 87.9 Å². The highest BCUT2D eigenvalue weighted by Crippen LogP contribution is 2.33. The standard InChI is InChI=1S/C35H44N6O3/c1-26(27-12-4-2-5-13-27)36-35(42)33-29-16-8-9-17-31(29)37-34(28-14-6-3-7-15-28)30(33)24-38-20-22-40(23-21-38)32(25-41(43)44)39-18-10-11-19-39/h3,6-9,14-17,25-27H,2,4-5,10-13,18-24H2,1H3,(H,36,42)/b32-25+. The lowest BCUT2D eigenvalue weighted by Crippen LogP contribution is -2.48. The minimum atomic E-state index is -0.327. The van der Waals surface area contributed by atoms with Gasteiger partial charge in [-0.15, -0.1) is 0 Å². The lowest BCUT2D eigenvalue weighted by molar-refractivity contribution is -0.405. The number of fused-ring (bicyclic) bond motifs is 1. The van der Waals surface area contributed by atoms with Crippen molar-refractivity contribution < 1.29 is 9.72 Å². The number of nitrogens with one attached hydrogen (secondary N) is 1. The summed E-state index contributed by atoms with van der Waals surface area (Å²) in [5.41, 5.74) is 4.30. The number of para-hydroxylation sites is 1. The van der Waals surface area contributed by atoms with E-state index in [1.54, 1.807) is 0 Å². The molecule has 1 unspecified atom stereocenters. The van der Waals surface area contributed by atoms with E-state index in [4.69, 9.17) is 4.98 Å². The van der Waals surface area contributed by atoms with Crippen LogP contribution in [0.1, 0.15) is 67.8 Å². The zero-order valence-electron chi connectivity index (χ0n) is 25.8. The van der Waals surface area contributed by atoms with Crippen LogP contribution in [-0.4, -0.2) is 75.8 Å². The van der Waals surface area contributed by atoms with Gasteiger partial charge in [0.1, 0.15) is 0 Å². The Morgan fingerprint density at radius 3 is 2.30 bits per heavy atom. The number of carbonyl (C=O) groups excluding carboxylic acids is 1. The molecule has 1 atom stereocenters. The number of likely N-dealkylation sites (tertiary alicyclic amines) is 1. The number of rotatable bonds is 9. The average molecular weight is 597 g/mol. The first kappa shape index (κ1) is 30.1. The molecule has 9 nitrogen and oxygen atoms in total. The zero-order chi connectivity index (χ0) is 30.5. The van der Waals surface area contributed by atoms with E-state index in [1.165, 1.54) is 25.5 Å². The predicted octanol–water partition coefficient (Wildman–Crippen LogP) is 5.89. The van der Waals surface area contributed by atoms with Gasteiger partial charge in [-0.2, -0.15) is 0 Å². The molecule has 2 aromatic carbocycles. The largest absolute Gasteiger partial charge is 0.353 e. The van der Waals surface area contributed by atoms with E-state index in [-0.39, 0.29) is 16.9 Å². The summed E-state index contributed by atoms with van der Waals surface area (Å²) in [6.45, 7) is 7.32. The molecule has 2 saturated heterocycles. The Kier molecular flexibility index (Phi) is 9.40. The smallest absolute Gasteiger partial charge is 0.274 e. The Labute approximate surface area is 260 Å². The molecule has 0 spiro atoms. The van der Waals surface area contributed by atoms with Gasteiger partial charge in [0, 0.05) is 68.4 Å². The third kappa shape index (κ3) is 6.73. The van der Waals surface area contributed by atoms with Gasteiger partial charge in [0.15, 0.2) is 5.82 Å². The Balaban J connectivity index is 1.32. The number of hydrogen-bond acceptors (Lipinski definition) is 7. The number of nitro groups is 1. The van der Waals surface area contributed by atoms with Crippen LogP contribution in [0.25, 0.3) is 22.2 Å². The second-order valence-electron chi connectivity index (χ2n) is 12.6. The molecule has 3 aromatic rings. The highest BCUT2D eigenvalue weighted by molar-refractivity contribution is 6.09. The lowest BCUT2D eigenvalue weighted by Gasteiger charge is -2.39.